The largest absolute Gasteiger partial charge is 0.384 e. The van der Waals surface area contributed by atoms with Crippen LogP contribution in [0.1, 0.15) is 25.2 Å². The Balaban J connectivity index is 2.71. The Bertz CT molecular complexity index is 298. The van der Waals surface area contributed by atoms with E-state index < -0.39 is 0 Å². The van der Waals surface area contributed by atoms with Crippen LogP contribution >= 0.6 is 0 Å². The van der Waals surface area contributed by atoms with E-state index in [0.717, 1.165) is 31.0 Å². The van der Waals surface area contributed by atoms with Gasteiger partial charge < -0.3 is 10.5 Å². The third-order valence-corrected chi connectivity index (χ3v) is 2.38. The van der Waals surface area contributed by atoms with Gasteiger partial charge in [0.25, 0.3) is 0 Å². The quantitative estimate of drug-likeness (QED) is 0.749. The van der Waals surface area contributed by atoms with Crippen molar-refractivity contribution in [3.63, 3.8) is 0 Å². The molecule has 15 heavy (non-hydrogen) atoms. The van der Waals surface area contributed by atoms with Gasteiger partial charge in [-0.3, -0.25) is 0 Å². The highest BCUT2D eigenvalue weighted by Crippen LogP contribution is 2.08. The summed E-state index contributed by atoms with van der Waals surface area (Å²) in [4.78, 5) is 0. The third-order valence-electron chi connectivity index (χ3n) is 2.38. The lowest BCUT2D eigenvalue weighted by Gasteiger charge is -2.11. The van der Waals surface area contributed by atoms with Gasteiger partial charge in [-0.1, -0.05) is 19.1 Å². The van der Waals surface area contributed by atoms with Gasteiger partial charge in [0.2, 0.25) is 0 Å². The molecular weight excluding hydrogens is 192 g/mol. The van der Waals surface area contributed by atoms with Gasteiger partial charge in [-0.25, -0.2) is 4.68 Å². The lowest BCUT2D eigenvalue weighted by atomic mass is 10.2. The molecule has 86 valence electrons. The highest BCUT2D eigenvalue weighted by atomic mass is 16.5. The summed E-state index contributed by atoms with van der Waals surface area (Å²) in [5.74, 6) is 0.438. The van der Waals surface area contributed by atoms with Crippen molar-refractivity contribution in [1.82, 2.24) is 15.0 Å². The SMILES string of the molecule is CCc1c(CN)nnn1CC(C)COC. The van der Waals surface area contributed by atoms with Crippen LogP contribution in [-0.2, 0) is 24.2 Å². The van der Waals surface area contributed by atoms with E-state index in [1.165, 1.54) is 0 Å². The first kappa shape index (κ1) is 12.1. The molecule has 0 radical (unpaired) electrons. The molecular formula is C10H20N4O. The topological polar surface area (TPSA) is 66.0 Å². The summed E-state index contributed by atoms with van der Waals surface area (Å²) in [6.07, 6.45) is 0.916. The number of ether oxygens (including phenoxy) is 1. The van der Waals surface area contributed by atoms with Gasteiger partial charge in [0.1, 0.15) is 0 Å². The van der Waals surface area contributed by atoms with Crippen LogP contribution in [0.25, 0.3) is 0 Å². The molecule has 0 saturated carbocycles. The van der Waals surface area contributed by atoms with Crippen molar-refractivity contribution >= 4 is 0 Å². The molecule has 5 nitrogen and oxygen atoms in total. The Labute approximate surface area is 90.6 Å². The highest BCUT2D eigenvalue weighted by molar-refractivity contribution is 5.09. The number of rotatable bonds is 6. The predicted octanol–water partition coefficient (Wildman–Crippen LogP) is 0.582. The molecule has 0 aromatic carbocycles. The van der Waals surface area contributed by atoms with Gasteiger partial charge in [0.05, 0.1) is 18.0 Å². The third kappa shape index (κ3) is 3.00. The first-order valence-corrected chi connectivity index (χ1v) is 5.33. The van der Waals surface area contributed by atoms with Gasteiger partial charge in [-0.15, -0.1) is 5.10 Å². The number of nitrogens with two attached hydrogens (primary N) is 1. The molecule has 0 aliphatic rings. The minimum atomic E-state index is 0.438. The molecule has 0 saturated heterocycles. The minimum Gasteiger partial charge on any atom is -0.384 e. The summed E-state index contributed by atoms with van der Waals surface area (Å²) >= 11 is 0. The molecule has 1 aromatic heterocycles. The minimum absolute atomic E-state index is 0.438. The molecule has 1 aromatic rings. The van der Waals surface area contributed by atoms with E-state index in [-0.39, 0.29) is 0 Å². The average Bonchev–Trinajstić information content (AvgIpc) is 2.60. The maximum Gasteiger partial charge on any atom is 0.0994 e. The standard InChI is InChI=1S/C10H20N4O/c1-4-10-9(5-11)12-13-14(10)6-8(2)7-15-3/h8H,4-7,11H2,1-3H3. The number of methoxy groups -OCH3 is 1. The average molecular weight is 212 g/mol. The van der Waals surface area contributed by atoms with Gasteiger partial charge in [-0.05, 0) is 12.3 Å². The molecule has 2 N–H and O–H groups in total. The smallest absolute Gasteiger partial charge is 0.0994 e. The Kier molecular flexibility index (Phi) is 4.71. The van der Waals surface area contributed by atoms with E-state index in [4.69, 9.17) is 10.5 Å². The van der Waals surface area contributed by atoms with Crippen molar-refractivity contribution in [3.05, 3.63) is 11.4 Å². The van der Waals surface area contributed by atoms with E-state index in [9.17, 15) is 0 Å². The second-order valence-corrected chi connectivity index (χ2v) is 3.78. The van der Waals surface area contributed by atoms with Crippen molar-refractivity contribution in [3.8, 4) is 0 Å². The first-order valence-electron chi connectivity index (χ1n) is 5.33. The lowest BCUT2D eigenvalue weighted by molar-refractivity contribution is 0.148. The summed E-state index contributed by atoms with van der Waals surface area (Å²) in [6.45, 7) is 6.26. The van der Waals surface area contributed by atoms with Crippen LogP contribution in [0.2, 0.25) is 0 Å². The van der Waals surface area contributed by atoms with E-state index in [1.807, 2.05) is 4.68 Å². The van der Waals surface area contributed by atoms with Gasteiger partial charge in [0, 0.05) is 20.2 Å². The van der Waals surface area contributed by atoms with Gasteiger partial charge in [0.15, 0.2) is 0 Å². The van der Waals surface area contributed by atoms with Crippen LogP contribution in [0.15, 0.2) is 0 Å². The van der Waals surface area contributed by atoms with Gasteiger partial charge in [-0.2, -0.15) is 0 Å². The summed E-state index contributed by atoms with van der Waals surface area (Å²) in [5.41, 5.74) is 7.63. The van der Waals surface area contributed by atoms with E-state index >= 15 is 0 Å². The van der Waals surface area contributed by atoms with E-state index in [0.29, 0.717) is 12.5 Å². The first-order chi connectivity index (χ1) is 7.22. The molecule has 5 heteroatoms. The fourth-order valence-electron chi connectivity index (χ4n) is 1.69. The summed E-state index contributed by atoms with van der Waals surface area (Å²) in [5, 5.41) is 8.18. The maximum atomic E-state index is 5.59. The van der Waals surface area contributed by atoms with Crippen LogP contribution in [0.5, 0.6) is 0 Å². The van der Waals surface area contributed by atoms with Crippen LogP contribution in [0.4, 0.5) is 0 Å². The molecule has 0 fully saturated rings. The Morgan fingerprint density at radius 2 is 2.27 bits per heavy atom. The molecule has 1 heterocycles. The Hall–Kier alpha value is -0.940. The number of hydrogen-bond acceptors (Lipinski definition) is 4. The molecule has 1 atom stereocenters. The molecule has 1 rings (SSSR count). The zero-order chi connectivity index (χ0) is 11.3. The predicted molar refractivity (Wildman–Crippen MR) is 58.3 cm³/mol. The van der Waals surface area contributed by atoms with Crippen LogP contribution < -0.4 is 5.73 Å². The van der Waals surface area contributed by atoms with Crippen LogP contribution in [0, 0.1) is 5.92 Å². The fraction of sp³-hybridized carbons (Fsp3) is 0.800. The van der Waals surface area contributed by atoms with Crippen molar-refractivity contribution < 1.29 is 4.74 Å². The Morgan fingerprint density at radius 3 is 2.80 bits per heavy atom. The molecule has 0 aliphatic carbocycles. The van der Waals surface area contributed by atoms with Crippen molar-refractivity contribution in [2.45, 2.75) is 33.4 Å². The van der Waals surface area contributed by atoms with Crippen LogP contribution in [-0.4, -0.2) is 28.7 Å². The fourth-order valence-corrected chi connectivity index (χ4v) is 1.69. The van der Waals surface area contributed by atoms with Crippen molar-refractivity contribution in [2.24, 2.45) is 11.7 Å². The monoisotopic (exact) mass is 212 g/mol. The number of hydrogen-bond donors (Lipinski definition) is 1. The van der Waals surface area contributed by atoms with Crippen molar-refractivity contribution in [2.75, 3.05) is 13.7 Å². The lowest BCUT2D eigenvalue weighted by Crippen LogP contribution is -2.16. The number of aromatic nitrogens is 3. The summed E-state index contributed by atoms with van der Waals surface area (Å²) < 4.78 is 7.03. The van der Waals surface area contributed by atoms with Crippen molar-refractivity contribution in [1.29, 1.82) is 0 Å². The second-order valence-electron chi connectivity index (χ2n) is 3.78. The van der Waals surface area contributed by atoms with Gasteiger partial charge >= 0.3 is 0 Å². The molecule has 1 unspecified atom stereocenters. The molecule has 0 amide bonds. The zero-order valence-electron chi connectivity index (χ0n) is 9.73. The highest BCUT2D eigenvalue weighted by Gasteiger charge is 2.11. The number of nitrogens with zero attached hydrogens (tertiary/aromatic N) is 3. The normalized spacial score (nSPS) is 13.1. The van der Waals surface area contributed by atoms with Crippen LogP contribution in [0.3, 0.4) is 0 Å². The Morgan fingerprint density at radius 1 is 1.53 bits per heavy atom. The summed E-state index contributed by atoms with van der Waals surface area (Å²) in [7, 11) is 1.71. The van der Waals surface area contributed by atoms with E-state index in [1.54, 1.807) is 7.11 Å². The molecule has 0 bridgehead atoms. The summed E-state index contributed by atoms with van der Waals surface area (Å²) in [6, 6.07) is 0. The maximum absolute atomic E-state index is 5.59. The zero-order valence-corrected chi connectivity index (χ0v) is 9.73. The molecule has 0 aliphatic heterocycles. The second kappa shape index (κ2) is 5.82. The molecule has 0 spiro atoms. The van der Waals surface area contributed by atoms with E-state index in [2.05, 4.69) is 24.2 Å².